The van der Waals surface area contributed by atoms with Gasteiger partial charge in [-0.25, -0.2) is 9.18 Å². The number of nitrogens with zero attached hydrogens (tertiary/aromatic N) is 2. The highest BCUT2D eigenvalue weighted by molar-refractivity contribution is 5.80. The van der Waals surface area contributed by atoms with Crippen LogP contribution < -0.4 is 0 Å². The topological polar surface area (TPSA) is 70.1 Å². The van der Waals surface area contributed by atoms with Crippen LogP contribution in [0.1, 0.15) is 24.8 Å². The van der Waals surface area contributed by atoms with E-state index in [1.807, 2.05) is 17.0 Å². The molecule has 6 nitrogen and oxygen atoms in total. The maximum absolute atomic E-state index is 13.8. The number of amides is 1. The molecule has 0 aliphatic carbocycles. The maximum atomic E-state index is 13.8. The Hall–Kier alpha value is -2.20. The highest BCUT2D eigenvalue weighted by Gasteiger charge is 2.46. The fraction of sp³-hybridized carbons (Fsp3) is 0.600. The van der Waals surface area contributed by atoms with Crippen molar-refractivity contribution in [2.24, 2.45) is 5.92 Å². The molecule has 30 heavy (non-hydrogen) atoms. The molecule has 3 aliphatic heterocycles. The molecular formula is C20H24F4N2O4. The monoisotopic (exact) mass is 432 g/mol. The second-order valence-corrected chi connectivity index (χ2v) is 7.76. The maximum Gasteiger partial charge on any atom is 0.490 e. The Morgan fingerprint density at radius 2 is 1.77 bits per heavy atom. The van der Waals surface area contributed by atoms with Crippen molar-refractivity contribution in [3.05, 3.63) is 35.6 Å². The predicted molar refractivity (Wildman–Crippen MR) is 97.9 cm³/mol. The summed E-state index contributed by atoms with van der Waals surface area (Å²) < 4.78 is 51.6. The molecule has 3 fully saturated rings. The van der Waals surface area contributed by atoms with E-state index in [0.717, 1.165) is 51.0 Å². The molecule has 3 heterocycles. The zero-order chi connectivity index (χ0) is 21.9. The predicted octanol–water partition coefficient (Wildman–Crippen LogP) is 2.67. The molecular weight excluding hydrogens is 408 g/mol. The minimum atomic E-state index is -5.08. The summed E-state index contributed by atoms with van der Waals surface area (Å²) in [5, 5.41) is 7.12. The zero-order valence-corrected chi connectivity index (χ0v) is 16.3. The zero-order valence-electron chi connectivity index (χ0n) is 16.3. The molecule has 0 spiro atoms. The van der Waals surface area contributed by atoms with Crippen molar-refractivity contribution in [2.45, 2.75) is 44.2 Å². The molecule has 166 valence electrons. The van der Waals surface area contributed by atoms with E-state index in [9.17, 15) is 22.4 Å². The van der Waals surface area contributed by atoms with Crippen LogP contribution >= 0.6 is 0 Å². The van der Waals surface area contributed by atoms with Gasteiger partial charge in [0, 0.05) is 38.3 Å². The number of hydrogen-bond acceptors (Lipinski definition) is 4. The fourth-order valence-corrected chi connectivity index (χ4v) is 4.17. The second kappa shape index (κ2) is 9.30. The van der Waals surface area contributed by atoms with Crippen molar-refractivity contribution < 1.29 is 37.0 Å². The number of carbonyl (C=O) groups excluding carboxylic acids is 1. The number of alkyl halides is 3. The normalized spacial score (nSPS) is 26.3. The van der Waals surface area contributed by atoms with Gasteiger partial charge < -0.3 is 14.7 Å². The number of fused-ring (bicyclic) bond motifs is 2. The van der Waals surface area contributed by atoms with E-state index in [1.54, 1.807) is 6.07 Å². The Bertz CT molecular complexity index is 767. The summed E-state index contributed by atoms with van der Waals surface area (Å²) in [6.07, 6.45) is -1.96. The molecule has 0 saturated carbocycles. The second-order valence-electron chi connectivity index (χ2n) is 7.76. The lowest BCUT2D eigenvalue weighted by molar-refractivity contribution is -0.192. The third-order valence-electron chi connectivity index (χ3n) is 5.56. The van der Waals surface area contributed by atoms with Gasteiger partial charge in [-0.3, -0.25) is 9.69 Å². The van der Waals surface area contributed by atoms with Crippen LogP contribution in [0, 0.1) is 11.7 Å². The molecule has 1 amide bonds. The molecule has 3 atom stereocenters. The number of ether oxygens (including phenoxy) is 1. The van der Waals surface area contributed by atoms with Crippen LogP contribution in [0.3, 0.4) is 0 Å². The molecule has 0 aromatic heterocycles. The Morgan fingerprint density at radius 1 is 1.13 bits per heavy atom. The van der Waals surface area contributed by atoms with Gasteiger partial charge >= 0.3 is 12.1 Å². The third-order valence-corrected chi connectivity index (χ3v) is 5.56. The number of carbonyl (C=O) groups is 2. The standard InChI is InChI=1S/C18H23FN2O2.C2HF3O2/c19-16-6-2-1-5-13(16)10-20-11-14-9-15(17(12-20)23-14)18(22)21-7-3-4-8-21;3-2(4,5)1(6)7/h1-2,5-6,14-15,17H,3-4,7-12H2;(H,6,7)/t14-,15+,17-;/m1./s1. The molecule has 3 saturated heterocycles. The molecule has 0 unspecified atom stereocenters. The van der Waals surface area contributed by atoms with Gasteiger partial charge in [0.1, 0.15) is 5.82 Å². The minimum Gasteiger partial charge on any atom is -0.475 e. The fourth-order valence-electron chi connectivity index (χ4n) is 4.17. The molecule has 1 aromatic carbocycles. The number of morpholine rings is 1. The van der Waals surface area contributed by atoms with Gasteiger partial charge in [-0.1, -0.05) is 18.2 Å². The first kappa shape index (κ1) is 22.5. The number of benzene rings is 1. The van der Waals surface area contributed by atoms with Gasteiger partial charge in [-0.2, -0.15) is 13.2 Å². The smallest absolute Gasteiger partial charge is 0.475 e. The number of aliphatic carboxylic acids is 1. The number of hydrogen-bond donors (Lipinski definition) is 1. The van der Waals surface area contributed by atoms with Crippen molar-refractivity contribution in [3.63, 3.8) is 0 Å². The number of rotatable bonds is 3. The molecule has 4 rings (SSSR count). The number of carboxylic acid groups (broad SMARTS) is 1. The molecule has 3 aliphatic rings. The first-order chi connectivity index (χ1) is 14.1. The van der Waals surface area contributed by atoms with Crippen LogP contribution in [0.5, 0.6) is 0 Å². The molecule has 10 heteroatoms. The third kappa shape index (κ3) is 5.48. The van der Waals surface area contributed by atoms with Gasteiger partial charge in [0.05, 0.1) is 18.1 Å². The van der Waals surface area contributed by atoms with Gasteiger partial charge in [0.2, 0.25) is 5.91 Å². The van der Waals surface area contributed by atoms with Crippen molar-refractivity contribution in [1.82, 2.24) is 9.80 Å². The highest BCUT2D eigenvalue weighted by atomic mass is 19.4. The Kier molecular flexibility index (Phi) is 6.97. The number of carboxylic acids is 1. The van der Waals surface area contributed by atoms with Crippen molar-refractivity contribution >= 4 is 11.9 Å². The van der Waals surface area contributed by atoms with Crippen LogP contribution in [0.15, 0.2) is 24.3 Å². The van der Waals surface area contributed by atoms with E-state index in [2.05, 4.69) is 4.90 Å². The van der Waals surface area contributed by atoms with Crippen LogP contribution in [-0.4, -0.2) is 71.3 Å². The molecule has 1 aromatic rings. The average Bonchev–Trinajstić information content (AvgIpc) is 3.31. The summed E-state index contributed by atoms with van der Waals surface area (Å²) in [6, 6.07) is 6.92. The van der Waals surface area contributed by atoms with Crippen LogP contribution in [0.2, 0.25) is 0 Å². The minimum absolute atomic E-state index is 0.0104. The van der Waals surface area contributed by atoms with Crippen LogP contribution in [0.25, 0.3) is 0 Å². The van der Waals surface area contributed by atoms with Gasteiger partial charge in [0.25, 0.3) is 0 Å². The van der Waals surface area contributed by atoms with E-state index >= 15 is 0 Å². The Balaban J connectivity index is 0.000000318. The molecule has 0 radical (unpaired) electrons. The summed E-state index contributed by atoms with van der Waals surface area (Å²) >= 11 is 0. The van der Waals surface area contributed by atoms with E-state index in [0.29, 0.717) is 6.54 Å². The quantitative estimate of drug-likeness (QED) is 0.744. The lowest BCUT2D eigenvalue weighted by Crippen LogP contribution is -2.45. The van der Waals surface area contributed by atoms with Gasteiger partial charge in [-0.15, -0.1) is 0 Å². The Labute approximate surface area is 171 Å². The first-order valence-corrected chi connectivity index (χ1v) is 9.85. The van der Waals surface area contributed by atoms with Crippen molar-refractivity contribution in [3.8, 4) is 0 Å². The molecule has 1 N–H and O–H groups in total. The summed E-state index contributed by atoms with van der Waals surface area (Å²) in [7, 11) is 0. The van der Waals surface area contributed by atoms with Crippen molar-refractivity contribution in [2.75, 3.05) is 26.2 Å². The van der Waals surface area contributed by atoms with E-state index in [4.69, 9.17) is 14.6 Å². The summed E-state index contributed by atoms with van der Waals surface area (Å²) in [5.41, 5.74) is 0.719. The average molecular weight is 432 g/mol. The summed E-state index contributed by atoms with van der Waals surface area (Å²) in [4.78, 5) is 25.8. The molecule has 2 bridgehead atoms. The summed E-state index contributed by atoms with van der Waals surface area (Å²) in [5.74, 6) is -2.66. The lowest BCUT2D eigenvalue weighted by Gasteiger charge is -2.33. The summed E-state index contributed by atoms with van der Waals surface area (Å²) in [6.45, 7) is 3.88. The SMILES string of the molecule is O=C(O)C(F)(F)F.O=C([C@H]1C[C@@H]2CN(Cc3ccccc3F)C[C@H]1O2)N1CCCC1. The van der Waals surface area contributed by atoms with Crippen LogP contribution in [-0.2, 0) is 20.9 Å². The van der Waals surface area contributed by atoms with Crippen molar-refractivity contribution in [1.29, 1.82) is 0 Å². The van der Waals surface area contributed by atoms with E-state index in [-0.39, 0.29) is 29.9 Å². The number of halogens is 4. The first-order valence-electron chi connectivity index (χ1n) is 9.85. The number of likely N-dealkylation sites (tertiary alicyclic amines) is 2. The van der Waals surface area contributed by atoms with Gasteiger partial charge in [-0.05, 0) is 25.3 Å². The largest absolute Gasteiger partial charge is 0.490 e. The highest BCUT2D eigenvalue weighted by Crippen LogP contribution is 2.34. The van der Waals surface area contributed by atoms with E-state index in [1.165, 1.54) is 6.07 Å². The lowest BCUT2D eigenvalue weighted by atomic mass is 9.99. The van der Waals surface area contributed by atoms with E-state index < -0.39 is 12.1 Å². The Morgan fingerprint density at radius 3 is 2.37 bits per heavy atom. The van der Waals surface area contributed by atoms with Crippen LogP contribution in [0.4, 0.5) is 17.6 Å². The van der Waals surface area contributed by atoms with Gasteiger partial charge in [0.15, 0.2) is 0 Å².